The molecule has 1 N–H and O–H groups in total. The highest BCUT2D eigenvalue weighted by Gasteiger charge is 2.28. The van der Waals surface area contributed by atoms with Crippen molar-refractivity contribution in [1.29, 1.82) is 0 Å². The van der Waals surface area contributed by atoms with Gasteiger partial charge in [-0.05, 0) is 37.5 Å². The van der Waals surface area contributed by atoms with Crippen LogP contribution in [-0.4, -0.2) is 20.5 Å². The van der Waals surface area contributed by atoms with Gasteiger partial charge in [0.1, 0.15) is 5.82 Å². The lowest BCUT2D eigenvalue weighted by Crippen LogP contribution is -2.01. The minimum Gasteiger partial charge on any atom is -0.481 e. The summed E-state index contributed by atoms with van der Waals surface area (Å²) >= 11 is 0. The molecule has 2 aromatic heterocycles. The van der Waals surface area contributed by atoms with E-state index in [-0.39, 0.29) is 6.42 Å². The molecule has 1 aliphatic carbocycles. The predicted molar refractivity (Wildman–Crippen MR) is 63.2 cm³/mol. The first-order valence-electron chi connectivity index (χ1n) is 5.84. The van der Waals surface area contributed by atoms with Gasteiger partial charge in [-0.25, -0.2) is 4.98 Å². The molecule has 4 nitrogen and oxygen atoms in total. The zero-order valence-corrected chi connectivity index (χ0v) is 9.68. The number of fused-ring (bicyclic) bond motifs is 1. The number of aromatic nitrogens is 2. The number of aryl methyl sites for hydroxylation is 1. The second kappa shape index (κ2) is 3.58. The van der Waals surface area contributed by atoms with Crippen LogP contribution in [0.15, 0.2) is 18.3 Å². The van der Waals surface area contributed by atoms with Gasteiger partial charge >= 0.3 is 5.97 Å². The molecule has 88 valence electrons. The molecule has 0 amide bonds. The van der Waals surface area contributed by atoms with Crippen molar-refractivity contribution in [3.05, 3.63) is 35.4 Å². The highest BCUT2D eigenvalue weighted by Crippen LogP contribution is 2.39. The maximum absolute atomic E-state index is 10.7. The lowest BCUT2D eigenvalue weighted by molar-refractivity contribution is -0.136. The third-order valence-corrected chi connectivity index (χ3v) is 3.22. The topological polar surface area (TPSA) is 54.6 Å². The van der Waals surface area contributed by atoms with Crippen molar-refractivity contribution in [2.75, 3.05) is 0 Å². The predicted octanol–water partition coefficient (Wildman–Crippen LogP) is 2.15. The number of hydrogen-bond acceptors (Lipinski definition) is 2. The quantitative estimate of drug-likeness (QED) is 0.879. The van der Waals surface area contributed by atoms with Crippen LogP contribution < -0.4 is 0 Å². The van der Waals surface area contributed by atoms with Gasteiger partial charge in [-0.15, -0.1) is 0 Å². The van der Waals surface area contributed by atoms with Crippen molar-refractivity contribution in [3.8, 4) is 0 Å². The first-order valence-corrected chi connectivity index (χ1v) is 5.84. The molecular weight excluding hydrogens is 216 g/mol. The van der Waals surface area contributed by atoms with Crippen molar-refractivity contribution in [1.82, 2.24) is 9.38 Å². The van der Waals surface area contributed by atoms with Gasteiger partial charge < -0.3 is 9.51 Å². The van der Waals surface area contributed by atoms with Gasteiger partial charge in [-0.2, -0.15) is 0 Å². The second-order valence-electron chi connectivity index (χ2n) is 4.69. The van der Waals surface area contributed by atoms with Gasteiger partial charge in [0.25, 0.3) is 0 Å². The van der Waals surface area contributed by atoms with E-state index in [1.165, 1.54) is 12.8 Å². The van der Waals surface area contributed by atoms with Crippen LogP contribution in [0.2, 0.25) is 0 Å². The molecule has 3 rings (SSSR count). The highest BCUT2D eigenvalue weighted by molar-refractivity contribution is 5.71. The van der Waals surface area contributed by atoms with E-state index in [1.807, 2.05) is 25.3 Å². The van der Waals surface area contributed by atoms with Gasteiger partial charge in [-0.3, -0.25) is 4.79 Å². The van der Waals surface area contributed by atoms with Crippen LogP contribution >= 0.6 is 0 Å². The number of aliphatic carboxylic acids is 1. The van der Waals surface area contributed by atoms with E-state index in [2.05, 4.69) is 9.38 Å². The van der Waals surface area contributed by atoms with E-state index in [4.69, 9.17) is 5.11 Å². The van der Waals surface area contributed by atoms with Gasteiger partial charge in [0.2, 0.25) is 0 Å². The van der Waals surface area contributed by atoms with E-state index in [9.17, 15) is 4.79 Å². The average molecular weight is 230 g/mol. The summed E-state index contributed by atoms with van der Waals surface area (Å²) in [5, 5.41) is 8.79. The van der Waals surface area contributed by atoms with Crippen LogP contribution in [0.1, 0.15) is 35.8 Å². The molecule has 17 heavy (non-hydrogen) atoms. The number of carboxylic acid groups (broad SMARTS) is 1. The standard InChI is InChI=1S/C13H14N2O2/c1-8-11-6-9(7-12(16)17)4-5-15(11)13(14-8)10-2-3-10/h4-6,10H,2-3,7H2,1H3,(H,16,17). The smallest absolute Gasteiger partial charge is 0.307 e. The van der Waals surface area contributed by atoms with Gasteiger partial charge in [0.05, 0.1) is 17.6 Å². The summed E-state index contributed by atoms with van der Waals surface area (Å²) in [6, 6.07) is 3.80. The Labute approximate surface area is 98.9 Å². The molecule has 2 aromatic rings. The lowest BCUT2D eigenvalue weighted by atomic mass is 10.2. The third-order valence-electron chi connectivity index (χ3n) is 3.22. The summed E-state index contributed by atoms with van der Waals surface area (Å²) < 4.78 is 2.10. The summed E-state index contributed by atoms with van der Waals surface area (Å²) in [5.74, 6) is 0.926. The SMILES string of the molecule is Cc1nc(C2CC2)n2ccc(CC(=O)O)cc12. The molecule has 0 unspecified atom stereocenters. The fourth-order valence-electron chi connectivity index (χ4n) is 2.22. The summed E-state index contributed by atoms with van der Waals surface area (Å²) in [5.41, 5.74) is 2.85. The van der Waals surface area contributed by atoms with E-state index >= 15 is 0 Å². The van der Waals surface area contributed by atoms with E-state index < -0.39 is 5.97 Å². The molecule has 1 aliphatic rings. The van der Waals surface area contributed by atoms with Crippen LogP contribution in [0.5, 0.6) is 0 Å². The van der Waals surface area contributed by atoms with E-state index in [1.54, 1.807) is 0 Å². The number of hydrogen-bond donors (Lipinski definition) is 1. The Kier molecular flexibility index (Phi) is 2.18. The minimum atomic E-state index is -0.797. The number of nitrogens with zero attached hydrogens (tertiary/aromatic N) is 2. The minimum absolute atomic E-state index is 0.0693. The molecule has 2 heterocycles. The fourth-order valence-corrected chi connectivity index (χ4v) is 2.22. The van der Waals surface area contributed by atoms with Crippen LogP contribution in [0, 0.1) is 6.92 Å². The summed E-state index contributed by atoms with van der Waals surface area (Å²) in [7, 11) is 0. The zero-order chi connectivity index (χ0) is 12.0. The Morgan fingerprint density at radius 1 is 1.59 bits per heavy atom. The molecule has 0 atom stereocenters. The first kappa shape index (κ1) is 10.3. The van der Waals surface area contributed by atoms with Gasteiger partial charge in [-0.1, -0.05) is 0 Å². The van der Waals surface area contributed by atoms with E-state index in [0.717, 1.165) is 22.6 Å². The normalized spacial score (nSPS) is 15.4. The molecule has 0 radical (unpaired) electrons. The van der Waals surface area contributed by atoms with Crippen LogP contribution in [0.3, 0.4) is 0 Å². The van der Waals surface area contributed by atoms with Gasteiger partial charge in [0, 0.05) is 12.1 Å². The summed E-state index contributed by atoms with van der Waals surface area (Å²) in [6.45, 7) is 1.98. The van der Waals surface area contributed by atoms with Crippen molar-refractivity contribution < 1.29 is 9.90 Å². The van der Waals surface area contributed by atoms with Gasteiger partial charge in [0.15, 0.2) is 0 Å². The second-order valence-corrected chi connectivity index (χ2v) is 4.69. The molecule has 0 bridgehead atoms. The summed E-state index contributed by atoms with van der Waals surface area (Å²) in [4.78, 5) is 15.3. The van der Waals surface area contributed by atoms with Crippen LogP contribution in [0.25, 0.3) is 5.52 Å². The Hall–Kier alpha value is -1.84. The number of rotatable bonds is 3. The van der Waals surface area contributed by atoms with Crippen LogP contribution in [0.4, 0.5) is 0 Å². The molecule has 4 heteroatoms. The Morgan fingerprint density at radius 3 is 3.00 bits per heavy atom. The first-order chi connectivity index (χ1) is 8.15. The number of pyridine rings is 1. The summed E-state index contributed by atoms with van der Waals surface area (Å²) in [6.07, 6.45) is 4.45. The maximum atomic E-state index is 10.7. The van der Waals surface area contributed by atoms with Crippen molar-refractivity contribution in [3.63, 3.8) is 0 Å². The number of carboxylic acids is 1. The number of imidazole rings is 1. The van der Waals surface area contributed by atoms with Crippen molar-refractivity contribution in [2.24, 2.45) is 0 Å². The largest absolute Gasteiger partial charge is 0.481 e. The average Bonchev–Trinajstić information content (AvgIpc) is 3.05. The fraction of sp³-hybridized carbons (Fsp3) is 0.385. The molecule has 1 saturated carbocycles. The molecular formula is C13H14N2O2. The maximum Gasteiger partial charge on any atom is 0.307 e. The Balaban J connectivity index is 2.09. The number of carbonyl (C=O) groups is 1. The Morgan fingerprint density at radius 2 is 2.35 bits per heavy atom. The van der Waals surface area contributed by atoms with Crippen molar-refractivity contribution in [2.45, 2.75) is 32.1 Å². The van der Waals surface area contributed by atoms with Crippen molar-refractivity contribution >= 4 is 11.5 Å². The Bertz CT molecular complexity index is 597. The molecule has 0 aromatic carbocycles. The molecule has 0 spiro atoms. The molecule has 1 fully saturated rings. The zero-order valence-electron chi connectivity index (χ0n) is 9.68. The van der Waals surface area contributed by atoms with Crippen LogP contribution in [-0.2, 0) is 11.2 Å². The third kappa shape index (κ3) is 1.79. The lowest BCUT2D eigenvalue weighted by Gasteiger charge is -2.02. The highest BCUT2D eigenvalue weighted by atomic mass is 16.4. The van der Waals surface area contributed by atoms with E-state index in [0.29, 0.717) is 5.92 Å². The monoisotopic (exact) mass is 230 g/mol. The molecule has 0 saturated heterocycles. The molecule has 0 aliphatic heterocycles.